The molecule has 0 saturated carbocycles. The lowest BCUT2D eigenvalue weighted by molar-refractivity contribution is 0.615. The number of rotatable bonds is 1. The molecular weight excluding hydrogens is 148 g/mol. The first-order chi connectivity index (χ1) is 5.81. The predicted octanol–water partition coefficient (Wildman–Crippen LogP) is 3.26. The van der Waals surface area contributed by atoms with Crippen LogP contribution in [0.1, 0.15) is 11.1 Å². The first-order valence-electron chi connectivity index (χ1n) is 3.77. The van der Waals surface area contributed by atoms with E-state index < -0.39 is 0 Å². The second-order valence-corrected chi connectivity index (χ2v) is 2.73. The van der Waals surface area contributed by atoms with Crippen molar-refractivity contribution < 1.29 is 4.42 Å². The van der Waals surface area contributed by atoms with Crippen LogP contribution in [0.3, 0.4) is 0 Å². The van der Waals surface area contributed by atoms with Gasteiger partial charge in [-0.1, -0.05) is 18.7 Å². The summed E-state index contributed by atoms with van der Waals surface area (Å²) >= 11 is 0. The van der Waals surface area contributed by atoms with Gasteiger partial charge in [0.1, 0.15) is 5.58 Å². The molecular formula is C11H9O. The number of benzene rings is 1. The fourth-order valence-corrected chi connectivity index (χ4v) is 1.25. The molecule has 0 N–H and O–H groups in total. The monoisotopic (exact) mass is 157 g/mol. The van der Waals surface area contributed by atoms with E-state index in [1.165, 1.54) is 0 Å². The summed E-state index contributed by atoms with van der Waals surface area (Å²) in [5.74, 6) is 0. The zero-order valence-corrected chi connectivity index (χ0v) is 6.71. The van der Waals surface area contributed by atoms with Crippen LogP contribution in [0.4, 0.5) is 0 Å². The van der Waals surface area contributed by atoms with Crippen molar-refractivity contribution in [3.05, 3.63) is 49.1 Å². The molecule has 1 nitrogen and oxygen atoms in total. The summed E-state index contributed by atoms with van der Waals surface area (Å²) in [5.41, 5.74) is 2.90. The number of hydrogen-bond acceptors (Lipinski definition) is 1. The van der Waals surface area contributed by atoms with Crippen molar-refractivity contribution in [1.82, 2.24) is 0 Å². The molecule has 0 aliphatic carbocycles. The summed E-state index contributed by atoms with van der Waals surface area (Å²) in [4.78, 5) is 0. The molecule has 59 valence electrons. The van der Waals surface area contributed by atoms with Gasteiger partial charge in [-0.25, -0.2) is 0 Å². The minimum atomic E-state index is 0.886. The maximum absolute atomic E-state index is 5.30. The van der Waals surface area contributed by atoms with Crippen molar-refractivity contribution in [3.63, 3.8) is 0 Å². The van der Waals surface area contributed by atoms with E-state index in [4.69, 9.17) is 4.42 Å². The molecule has 2 aromatic rings. The zero-order chi connectivity index (χ0) is 8.55. The quantitative estimate of drug-likeness (QED) is 0.619. The van der Waals surface area contributed by atoms with E-state index in [9.17, 15) is 0 Å². The molecule has 1 aromatic carbocycles. The van der Waals surface area contributed by atoms with Crippen LogP contribution in [0, 0.1) is 6.92 Å². The van der Waals surface area contributed by atoms with Gasteiger partial charge < -0.3 is 4.42 Å². The van der Waals surface area contributed by atoms with Crippen LogP contribution in [0.2, 0.25) is 0 Å². The Hall–Kier alpha value is -1.50. The molecule has 12 heavy (non-hydrogen) atoms. The molecule has 1 radical (unpaired) electrons. The maximum Gasteiger partial charge on any atom is 0.134 e. The first-order valence-corrected chi connectivity index (χ1v) is 3.77. The van der Waals surface area contributed by atoms with Crippen molar-refractivity contribution >= 4 is 17.0 Å². The molecule has 0 atom stereocenters. The van der Waals surface area contributed by atoms with Gasteiger partial charge in [-0.2, -0.15) is 0 Å². The van der Waals surface area contributed by atoms with E-state index in [0.29, 0.717) is 0 Å². The predicted molar refractivity (Wildman–Crippen MR) is 50.8 cm³/mol. The van der Waals surface area contributed by atoms with Gasteiger partial charge in [0, 0.05) is 10.9 Å². The van der Waals surface area contributed by atoms with Gasteiger partial charge in [0.15, 0.2) is 0 Å². The average Bonchev–Trinajstić information content (AvgIpc) is 2.46. The summed E-state index contributed by atoms with van der Waals surface area (Å²) in [6.45, 7) is 7.55. The lowest BCUT2D eigenvalue weighted by Crippen LogP contribution is -1.71. The third kappa shape index (κ3) is 0.944. The van der Waals surface area contributed by atoms with E-state index in [0.717, 1.165) is 22.1 Å². The molecule has 1 heteroatoms. The molecule has 0 spiro atoms. The standard InChI is InChI=1S/C11H9O/c1-3-9-7-12-11-5-4-8(2)6-10(9)11/h3-7H,1-2H2. The lowest BCUT2D eigenvalue weighted by Gasteiger charge is -1.91. The molecule has 0 fully saturated rings. The van der Waals surface area contributed by atoms with Crippen molar-refractivity contribution in [3.8, 4) is 0 Å². The minimum Gasteiger partial charge on any atom is -0.464 e. The van der Waals surface area contributed by atoms with Crippen LogP contribution < -0.4 is 0 Å². The average molecular weight is 157 g/mol. The van der Waals surface area contributed by atoms with Crippen LogP contribution in [0.25, 0.3) is 17.0 Å². The largest absolute Gasteiger partial charge is 0.464 e. The second-order valence-electron chi connectivity index (χ2n) is 2.73. The van der Waals surface area contributed by atoms with Gasteiger partial charge in [0.25, 0.3) is 0 Å². The molecule has 0 aliphatic rings. The summed E-state index contributed by atoms with van der Waals surface area (Å²) in [5, 5.41) is 1.08. The highest BCUT2D eigenvalue weighted by Gasteiger charge is 2.01. The molecule has 1 aromatic heterocycles. The summed E-state index contributed by atoms with van der Waals surface area (Å²) < 4.78 is 5.30. The fourth-order valence-electron chi connectivity index (χ4n) is 1.25. The number of hydrogen-bond donors (Lipinski definition) is 0. The molecule has 0 amide bonds. The Labute approximate surface area is 71.3 Å². The van der Waals surface area contributed by atoms with E-state index in [-0.39, 0.29) is 0 Å². The first kappa shape index (κ1) is 7.17. The SMILES string of the molecule is [CH2]c1ccc2occ(C=C)c2c1. The Morgan fingerprint density at radius 2 is 2.17 bits per heavy atom. The van der Waals surface area contributed by atoms with Crippen LogP contribution in [-0.4, -0.2) is 0 Å². The van der Waals surface area contributed by atoms with Gasteiger partial charge in [-0.3, -0.25) is 0 Å². The van der Waals surface area contributed by atoms with Crippen molar-refractivity contribution in [2.24, 2.45) is 0 Å². The van der Waals surface area contributed by atoms with Gasteiger partial charge in [0.05, 0.1) is 6.26 Å². The fraction of sp³-hybridized carbons (Fsp3) is 0. The van der Waals surface area contributed by atoms with Gasteiger partial charge >= 0.3 is 0 Å². The van der Waals surface area contributed by atoms with Crippen LogP contribution >= 0.6 is 0 Å². The van der Waals surface area contributed by atoms with Crippen LogP contribution in [0.5, 0.6) is 0 Å². The van der Waals surface area contributed by atoms with Gasteiger partial charge in [-0.15, -0.1) is 0 Å². The highest BCUT2D eigenvalue weighted by molar-refractivity contribution is 5.87. The van der Waals surface area contributed by atoms with E-state index in [2.05, 4.69) is 13.5 Å². The molecule has 0 bridgehead atoms. The number of furan rings is 1. The van der Waals surface area contributed by atoms with Gasteiger partial charge in [-0.05, 0) is 24.6 Å². The van der Waals surface area contributed by atoms with Crippen LogP contribution in [0.15, 0.2) is 35.5 Å². The molecule has 0 aliphatic heterocycles. The van der Waals surface area contributed by atoms with E-state index in [1.54, 1.807) is 12.3 Å². The highest BCUT2D eigenvalue weighted by Crippen LogP contribution is 2.22. The Morgan fingerprint density at radius 3 is 2.92 bits per heavy atom. The van der Waals surface area contributed by atoms with E-state index >= 15 is 0 Å². The van der Waals surface area contributed by atoms with Gasteiger partial charge in [0.2, 0.25) is 0 Å². The molecule has 0 saturated heterocycles. The topological polar surface area (TPSA) is 13.1 Å². The third-order valence-electron chi connectivity index (χ3n) is 1.89. The Kier molecular flexibility index (Phi) is 1.51. The molecule has 1 heterocycles. The van der Waals surface area contributed by atoms with Crippen molar-refractivity contribution in [2.75, 3.05) is 0 Å². The maximum atomic E-state index is 5.30. The summed E-state index contributed by atoms with van der Waals surface area (Å²) in [6, 6.07) is 5.85. The van der Waals surface area contributed by atoms with Crippen molar-refractivity contribution in [2.45, 2.75) is 0 Å². The molecule has 2 rings (SSSR count). The summed E-state index contributed by atoms with van der Waals surface area (Å²) in [7, 11) is 0. The van der Waals surface area contributed by atoms with Crippen LogP contribution in [-0.2, 0) is 0 Å². The summed E-state index contributed by atoms with van der Waals surface area (Å²) in [6.07, 6.45) is 3.49. The zero-order valence-electron chi connectivity index (χ0n) is 6.71. The third-order valence-corrected chi connectivity index (χ3v) is 1.89. The Morgan fingerprint density at radius 1 is 1.33 bits per heavy atom. The number of fused-ring (bicyclic) bond motifs is 1. The smallest absolute Gasteiger partial charge is 0.134 e. The van der Waals surface area contributed by atoms with Crippen molar-refractivity contribution in [1.29, 1.82) is 0 Å². The Balaban J connectivity index is 2.83. The minimum absolute atomic E-state index is 0.886. The second kappa shape index (κ2) is 2.52. The Bertz CT molecular complexity index is 423. The normalized spacial score (nSPS) is 10.4. The molecule has 0 unspecified atom stereocenters. The highest BCUT2D eigenvalue weighted by atomic mass is 16.3. The lowest BCUT2D eigenvalue weighted by atomic mass is 10.1. The van der Waals surface area contributed by atoms with E-state index in [1.807, 2.05) is 18.2 Å².